The average molecular weight is 244 g/mol. The van der Waals surface area contributed by atoms with Crippen LogP contribution in [0.15, 0.2) is 0 Å². The molecule has 6 heteroatoms. The first-order valence-electron chi connectivity index (χ1n) is 5.02. The number of amides is 1. The Kier molecular flexibility index (Phi) is 8.35. The van der Waals surface area contributed by atoms with Gasteiger partial charge >= 0.3 is 5.97 Å². The molecule has 0 rings (SSSR count). The molecule has 1 amide bonds. The van der Waals surface area contributed by atoms with Crippen LogP contribution < -0.4 is 5.32 Å². The zero-order valence-electron chi connectivity index (χ0n) is 9.23. The lowest BCUT2D eigenvalue weighted by molar-refractivity contribution is -0.140. The minimum atomic E-state index is -1.01. The monoisotopic (exact) mass is 244 g/mol. The van der Waals surface area contributed by atoms with Gasteiger partial charge in [0.2, 0.25) is 5.91 Å². The highest BCUT2D eigenvalue weighted by Gasteiger charge is 2.17. The second kappa shape index (κ2) is 9.04. The third kappa shape index (κ3) is 8.12. The number of unbranched alkanes of at least 4 members (excludes halogenated alkanes) is 2. The van der Waals surface area contributed by atoms with Gasteiger partial charge in [-0.3, -0.25) is 4.79 Å². The van der Waals surface area contributed by atoms with E-state index in [0.717, 1.165) is 18.6 Å². The number of carbonyl (C=O) groups is 2. The van der Waals surface area contributed by atoms with Gasteiger partial charge in [0.15, 0.2) is 0 Å². The summed E-state index contributed by atoms with van der Waals surface area (Å²) in [5.74, 6) is -0.177. The fourth-order valence-electron chi connectivity index (χ4n) is 1.03. The molecule has 0 aromatic carbocycles. The predicted molar refractivity (Wildman–Crippen MR) is 62.0 cm³/mol. The van der Waals surface area contributed by atoms with Crippen molar-refractivity contribution in [3.8, 4) is 6.07 Å². The molecule has 0 spiro atoms. The van der Waals surface area contributed by atoms with E-state index < -0.39 is 12.0 Å². The molecule has 5 nitrogen and oxygen atoms in total. The lowest BCUT2D eigenvalue weighted by atomic mass is 10.3. The van der Waals surface area contributed by atoms with E-state index in [4.69, 9.17) is 10.4 Å². The number of rotatable bonds is 8. The molecule has 1 atom stereocenters. The Morgan fingerprint density at radius 2 is 2.19 bits per heavy atom. The quantitative estimate of drug-likeness (QED) is 0.622. The smallest absolute Gasteiger partial charge is 0.327 e. The minimum absolute atomic E-state index is 0.336. The molecular weight excluding hydrogens is 228 g/mol. The first-order valence-corrected chi connectivity index (χ1v) is 6.18. The zero-order valence-corrected chi connectivity index (χ0v) is 10.0. The summed E-state index contributed by atoms with van der Waals surface area (Å²) in [5, 5.41) is 19.5. The third-order valence-electron chi connectivity index (χ3n) is 1.79. The SMILES string of the molecule is CC(=O)NC(CSCCCCC#N)C(=O)O. The number of thioether (sulfide) groups is 1. The van der Waals surface area contributed by atoms with Gasteiger partial charge in [-0.15, -0.1) is 0 Å². The summed E-state index contributed by atoms with van der Waals surface area (Å²) in [4.78, 5) is 21.4. The van der Waals surface area contributed by atoms with Gasteiger partial charge in [-0.1, -0.05) is 0 Å². The van der Waals surface area contributed by atoms with Crippen LogP contribution in [0.3, 0.4) is 0 Å². The van der Waals surface area contributed by atoms with Crippen LogP contribution in [-0.4, -0.2) is 34.5 Å². The number of hydrogen-bond acceptors (Lipinski definition) is 4. The number of carboxylic acids is 1. The molecule has 0 radical (unpaired) electrons. The van der Waals surface area contributed by atoms with Crippen molar-refractivity contribution in [2.45, 2.75) is 32.2 Å². The van der Waals surface area contributed by atoms with Crippen LogP contribution in [0, 0.1) is 11.3 Å². The average Bonchev–Trinajstić information content (AvgIpc) is 2.20. The molecule has 0 fully saturated rings. The Morgan fingerprint density at radius 3 is 2.69 bits per heavy atom. The largest absolute Gasteiger partial charge is 0.480 e. The van der Waals surface area contributed by atoms with E-state index in [9.17, 15) is 9.59 Å². The van der Waals surface area contributed by atoms with E-state index in [-0.39, 0.29) is 5.91 Å². The van der Waals surface area contributed by atoms with Crippen LogP contribution in [0.5, 0.6) is 0 Å². The van der Waals surface area contributed by atoms with Gasteiger partial charge < -0.3 is 10.4 Å². The summed E-state index contributed by atoms with van der Waals surface area (Å²) in [6, 6.07) is 1.23. The fraction of sp³-hybridized carbons (Fsp3) is 0.700. The molecule has 0 heterocycles. The van der Waals surface area contributed by atoms with E-state index in [1.54, 1.807) is 0 Å². The first kappa shape index (κ1) is 14.8. The van der Waals surface area contributed by atoms with E-state index in [2.05, 4.69) is 11.4 Å². The van der Waals surface area contributed by atoms with Crippen LogP contribution >= 0.6 is 11.8 Å². The normalized spacial score (nSPS) is 11.5. The molecule has 16 heavy (non-hydrogen) atoms. The summed E-state index contributed by atoms with van der Waals surface area (Å²) >= 11 is 1.48. The van der Waals surface area contributed by atoms with Crippen LogP contribution in [0.25, 0.3) is 0 Å². The molecule has 0 bridgehead atoms. The predicted octanol–water partition coefficient (Wildman–Crippen LogP) is 1.00. The number of nitrogens with one attached hydrogen (secondary N) is 1. The summed E-state index contributed by atoms with van der Waals surface area (Å²) < 4.78 is 0. The standard InChI is InChI=1S/C10H16N2O3S/c1-8(13)12-9(10(14)15)7-16-6-4-2-3-5-11/h9H,2-4,6-7H2,1H3,(H,12,13)(H,14,15). The zero-order chi connectivity index (χ0) is 12.4. The van der Waals surface area contributed by atoms with Crippen molar-refractivity contribution in [2.24, 2.45) is 0 Å². The number of carboxylic acid groups (broad SMARTS) is 1. The maximum Gasteiger partial charge on any atom is 0.327 e. The van der Waals surface area contributed by atoms with Crippen molar-refractivity contribution in [1.82, 2.24) is 5.32 Å². The van der Waals surface area contributed by atoms with Crippen LogP contribution in [0.4, 0.5) is 0 Å². The number of carbonyl (C=O) groups excluding carboxylic acids is 1. The topological polar surface area (TPSA) is 90.2 Å². The second-order valence-corrected chi connectivity index (χ2v) is 4.43. The van der Waals surface area contributed by atoms with Gasteiger partial charge in [0, 0.05) is 19.1 Å². The third-order valence-corrected chi connectivity index (χ3v) is 2.93. The molecule has 0 aliphatic heterocycles. The van der Waals surface area contributed by atoms with Gasteiger partial charge in [0.1, 0.15) is 6.04 Å². The van der Waals surface area contributed by atoms with Gasteiger partial charge in [-0.2, -0.15) is 17.0 Å². The fourth-order valence-corrected chi connectivity index (χ4v) is 2.07. The van der Waals surface area contributed by atoms with Crippen molar-refractivity contribution >= 4 is 23.6 Å². The molecule has 0 aliphatic rings. The summed E-state index contributed by atoms with van der Waals surface area (Å²) in [7, 11) is 0. The van der Waals surface area contributed by atoms with Crippen molar-refractivity contribution in [3.63, 3.8) is 0 Å². The highest BCUT2D eigenvalue weighted by Crippen LogP contribution is 2.08. The maximum absolute atomic E-state index is 10.7. The lowest BCUT2D eigenvalue weighted by Gasteiger charge is -2.12. The summed E-state index contributed by atoms with van der Waals surface area (Å²) in [5.41, 5.74) is 0. The van der Waals surface area contributed by atoms with Crippen molar-refractivity contribution in [1.29, 1.82) is 5.26 Å². The lowest BCUT2D eigenvalue weighted by Crippen LogP contribution is -2.41. The Labute approximate surface area is 99.2 Å². The van der Waals surface area contributed by atoms with Gasteiger partial charge in [0.05, 0.1) is 6.07 Å². The molecule has 0 saturated heterocycles. The van der Waals surface area contributed by atoms with E-state index >= 15 is 0 Å². The van der Waals surface area contributed by atoms with Crippen molar-refractivity contribution in [3.05, 3.63) is 0 Å². The van der Waals surface area contributed by atoms with Gasteiger partial charge in [0.25, 0.3) is 0 Å². The van der Waals surface area contributed by atoms with Crippen molar-refractivity contribution < 1.29 is 14.7 Å². The Bertz CT molecular complexity index is 276. The van der Waals surface area contributed by atoms with E-state index in [1.807, 2.05) is 0 Å². The second-order valence-electron chi connectivity index (χ2n) is 3.28. The Balaban J connectivity index is 3.65. The highest BCUT2D eigenvalue weighted by atomic mass is 32.2. The Hall–Kier alpha value is -1.22. The molecule has 2 N–H and O–H groups in total. The van der Waals surface area contributed by atoms with Gasteiger partial charge in [-0.25, -0.2) is 4.79 Å². The summed E-state index contributed by atoms with van der Waals surface area (Å²) in [6.07, 6.45) is 2.26. The van der Waals surface area contributed by atoms with Crippen molar-refractivity contribution in [2.75, 3.05) is 11.5 Å². The number of aliphatic carboxylic acids is 1. The first-order chi connectivity index (χ1) is 7.57. The van der Waals surface area contributed by atoms with E-state index in [1.165, 1.54) is 18.7 Å². The molecule has 1 unspecified atom stereocenters. The molecule has 0 aromatic rings. The highest BCUT2D eigenvalue weighted by molar-refractivity contribution is 7.99. The van der Waals surface area contributed by atoms with Crippen LogP contribution in [-0.2, 0) is 9.59 Å². The number of nitrogens with zero attached hydrogens (tertiary/aromatic N) is 1. The summed E-state index contributed by atoms with van der Waals surface area (Å²) in [6.45, 7) is 1.30. The number of nitriles is 1. The van der Waals surface area contributed by atoms with Crippen LogP contribution in [0.2, 0.25) is 0 Å². The minimum Gasteiger partial charge on any atom is -0.480 e. The molecule has 90 valence electrons. The Morgan fingerprint density at radius 1 is 1.50 bits per heavy atom. The van der Waals surface area contributed by atoms with Gasteiger partial charge in [-0.05, 0) is 18.6 Å². The maximum atomic E-state index is 10.7. The molecule has 0 saturated carbocycles. The molecule has 0 aliphatic carbocycles. The van der Waals surface area contributed by atoms with E-state index in [0.29, 0.717) is 12.2 Å². The molecular formula is C10H16N2O3S. The number of hydrogen-bond donors (Lipinski definition) is 2. The molecule has 0 aromatic heterocycles. The van der Waals surface area contributed by atoms with Crippen LogP contribution in [0.1, 0.15) is 26.2 Å².